The smallest absolute Gasteiger partial charge is 0.0764 e. The van der Waals surface area contributed by atoms with Crippen molar-refractivity contribution >= 4 is 22.5 Å². The average Bonchev–Trinajstić information content (AvgIpc) is 3.02. The van der Waals surface area contributed by atoms with Gasteiger partial charge in [-0.3, -0.25) is 9.58 Å². The van der Waals surface area contributed by atoms with Gasteiger partial charge in [-0.15, -0.1) is 0 Å². The molecule has 2 aromatic heterocycles. The van der Waals surface area contributed by atoms with Gasteiger partial charge in [0.25, 0.3) is 0 Å². The molecule has 0 aliphatic rings. The Labute approximate surface area is 129 Å². The molecule has 0 aliphatic carbocycles. The fraction of sp³-hybridized carbons (Fsp3) is 0.312. The largest absolute Gasteiger partial charge is 0.346 e. The van der Waals surface area contributed by atoms with Crippen LogP contribution in [-0.2, 0) is 20.1 Å². The molecule has 0 amide bonds. The van der Waals surface area contributed by atoms with Crippen LogP contribution in [-0.4, -0.2) is 32.8 Å². The Morgan fingerprint density at radius 2 is 2.05 bits per heavy atom. The highest BCUT2D eigenvalue weighted by Crippen LogP contribution is 2.20. The number of aryl methyl sites for hydroxylation is 1. The van der Waals surface area contributed by atoms with Crippen LogP contribution in [0.3, 0.4) is 0 Å². The van der Waals surface area contributed by atoms with Gasteiger partial charge in [0.1, 0.15) is 0 Å². The van der Waals surface area contributed by atoms with E-state index in [0.717, 1.165) is 30.4 Å². The van der Waals surface area contributed by atoms with E-state index in [0.29, 0.717) is 0 Å². The summed E-state index contributed by atoms with van der Waals surface area (Å²) in [7, 11) is 4.07. The first-order valence-electron chi connectivity index (χ1n) is 7.03. The van der Waals surface area contributed by atoms with E-state index in [1.54, 1.807) is 0 Å². The van der Waals surface area contributed by atoms with Crippen molar-refractivity contribution in [1.29, 1.82) is 0 Å². The Hall–Kier alpha value is -1.78. The fourth-order valence-electron chi connectivity index (χ4n) is 2.55. The zero-order chi connectivity index (χ0) is 14.8. The van der Waals surface area contributed by atoms with E-state index in [9.17, 15) is 0 Å². The van der Waals surface area contributed by atoms with Crippen molar-refractivity contribution in [2.24, 2.45) is 7.05 Å². The number of likely N-dealkylation sites (N-methyl/N-ethyl adjacent to an activating group) is 1. The van der Waals surface area contributed by atoms with Gasteiger partial charge in [0.2, 0.25) is 0 Å². The Morgan fingerprint density at radius 1 is 1.19 bits per heavy atom. The van der Waals surface area contributed by atoms with E-state index in [4.69, 9.17) is 11.6 Å². The van der Waals surface area contributed by atoms with E-state index in [1.807, 2.05) is 30.1 Å². The van der Waals surface area contributed by atoms with E-state index in [-0.39, 0.29) is 0 Å². The third-order valence-corrected chi connectivity index (χ3v) is 3.89. The molecule has 2 heterocycles. The number of fused-ring (bicyclic) bond motifs is 1. The maximum atomic E-state index is 6.02. The lowest BCUT2D eigenvalue weighted by molar-refractivity contribution is 0.309. The Kier molecular flexibility index (Phi) is 3.99. The zero-order valence-electron chi connectivity index (χ0n) is 12.3. The molecule has 21 heavy (non-hydrogen) atoms. The van der Waals surface area contributed by atoms with Crippen molar-refractivity contribution < 1.29 is 0 Å². The Morgan fingerprint density at radius 3 is 2.81 bits per heavy atom. The first-order valence-corrected chi connectivity index (χ1v) is 7.41. The maximum absolute atomic E-state index is 6.02. The molecule has 0 fully saturated rings. The highest BCUT2D eigenvalue weighted by Gasteiger charge is 2.05. The quantitative estimate of drug-likeness (QED) is 0.723. The van der Waals surface area contributed by atoms with Crippen molar-refractivity contribution in [2.45, 2.75) is 13.1 Å². The van der Waals surface area contributed by atoms with Crippen LogP contribution in [0, 0.1) is 0 Å². The van der Waals surface area contributed by atoms with E-state index < -0.39 is 0 Å². The second-order valence-electron chi connectivity index (χ2n) is 5.43. The van der Waals surface area contributed by atoms with Gasteiger partial charge in [-0.2, -0.15) is 5.10 Å². The first kappa shape index (κ1) is 14.2. The molecule has 0 atom stereocenters. The van der Waals surface area contributed by atoms with Gasteiger partial charge in [0.15, 0.2) is 0 Å². The average molecular weight is 303 g/mol. The summed E-state index contributed by atoms with van der Waals surface area (Å²) in [5.74, 6) is 0. The Balaban J connectivity index is 1.63. The predicted octanol–water partition coefficient (Wildman–Crippen LogP) is 3.16. The molecular formula is C16H19ClN4. The minimum absolute atomic E-state index is 0.785. The van der Waals surface area contributed by atoms with E-state index in [1.165, 1.54) is 10.9 Å². The number of halogens is 1. The van der Waals surface area contributed by atoms with Gasteiger partial charge >= 0.3 is 0 Å². The molecular weight excluding hydrogens is 284 g/mol. The van der Waals surface area contributed by atoms with Crippen LogP contribution in [0.2, 0.25) is 5.02 Å². The molecule has 4 nitrogen and oxygen atoms in total. The summed E-state index contributed by atoms with van der Waals surface area (Å²) in [4.78, 5) is 2.28. The number of nitrogens with zero attached hydrogens (tertiary/aromatic N) is 4. The summed E-state index contributed by atoms with van der Waals surface area (Å²) in [6.45, 7) is 2.79. The molecule has 110 valence electrons. The lowest BCUT2D eigenvalue weighted by atomic mass is 10.2. The highest BCUT2D eigenvalue weighted by molar-refractivity contribution is 6.31. The van der Waals surface area contributed by atoms with Gasteiger partial charge in [-0.05, 0) is 37.4 Å². The number of hydrogen-bond donors (Lipinski definition) is 0. The van der Waals surface area contributed by atoms with Crippen molar-refractivity contribution in [3.63, 3.8) is 0 Å². The summed E-state index contributed by atoms with van der Waals surface area (Å²) in [6.07, 6.45) is 4.10. The van der Waals surface area contributed by atoms with Gasteiger partial charge < -0.3 is 4.57 Å². The summed E-state index contributed by atoms with van der Waals surface area (Å²) in [5, 5.41) is 6.38. The second-order valence-corrected chi connectivity index (χ2v) is 5.87. The standard InChI is InChI=1S/C16H19ClN4/c1-19(12-15-6-7-20(2)18-15)9-10-21-8-5-13-11-14(17)3-4-16(13)21/h3-8,11H,9-10,12H2,1-2H3. The normalized spacial score (nSPS) is 11.6. The molecule has 3 rings (SSSR count). The minimum Gasteiger partial charge on any atom is -0.346 e. The minimum atomic E-state index is 0.785. The molecule has 0 radical (unpaired) electrons. The molecule has 3 aromatic rings. The van der Waals surface area contributed by atoms with E-state index in [2.05, 4.69) is 46.0 Å². The van der Waals surface area contributed by atoms with Crippen LogP contribution < -0.4 is 0 Å². The van der Waals surface area contributed by atoms with Crippen LogP contribution in [0.5, 0.6) is 0 Å². The fourth-order valence-corrected chi connectivity index (χ4v) is 2.73. The third kappa shape index (κ3) is 3.28. The summed E-state index contributed by atoms with van der Waals surface area (Å²) in [6, 6.07) is 10.2. The molecule has 0 bridgehead atoms. The van der Waals surface area contributed by atoms with Crippen LogP contribution in [0.4, 0.5) is 0 Å². The molecule has 0 spiro atoms. The van der Waals surface area contributed by atoms with Crippen LogP contribution >= 0.6 is 11.6 Å². The monoisotopic (exact) mass is 302 g/mol. The summed E-state index contributed by atoms with van der Waals surface area (Å²) < 4.78 is 4.10. The van der Waals surface area contributed by atoms with Gasteiger partial charge in [0, 0.05) is 55.0 Å². The maximum Gasteiger partial charge on any atom is 0.0764 e. The lowest BCUT2D eigenvalue weighted by Crippen LogP contribution is -2.23. The van der Waals surface area contributed by atoms with Crippen molar-refractivity contribution in [2.75, 3.05) is 13.6 Å². The SMILES string of the molecule is CN(CCn1ccc2cc(Cl)ccc21)Cc1ccn(C)n1. The summed E-state index contributed by atoms with van der Waals surface area (Å²) >= 11 is 6.02. The van der Waals surface area contributed by atoms with Gasteiger partial charge in [-0.1, -0.05) is 11.6 Å². The van der Waals surface area contributed by atoms with Gasteiger partial charge in [-0.25, -0.2) is 0 Å². The molecule has 0 unspecified atom stereocenters. The number of rotatable bonds is 5. The molecule has 0 N–H and O–H groups in total. The van der Waals surface area contributed by atoms with Crippen molar-refractivity contribution in [3.05, 3.63) is 53.4 Å². The highest BCUT2D eigenvalue weighted by atomic mass is 35.5. The lowest BCUT2D eigenvalue weighted by Gasteiger charge is -2.16. The molecule has 0 aliphatic heterocycles. The molecule has 0 saturated heterocycles. The Bertz CT molecular complexity index is 744. The van der Waals surface area contributed by atoms with Crippen molar-refractivity contribution in [1.82, 2.24) is 19.2 Å². The topological polar surface area (TPSA) is 26.0 Å². The van der Waals surface area contributed by atoms with Crippen LogP contribution in [0.25, 0.3) is 10.9 Å². The molecule has 5 heteroatoms. The van der Waals surface area contributed by atoms with Crippen molar-refractivity contribution in [3.8, 4) is 0 Å². The zero-order valence-corrected chi connectivity index (χ0v) is 13.1. The number of aromatic nitrogens is 3. The van der Waals surface area contributed by atoms with Crippen LogP contribution in [0.1, 0.15) is 5.69 Å². The summed E-state index contributed by atoms with van der Waals surface area (Å²) in [5.41, 5.74) is 2.33. The van der Waals surface area contributed by atoms with Gasteiger partial charge in [0.05, 0.1) is 5.69 Å². The van der Waals surface area contributed by atoms with E-state index >= 15 is 0 Å². The molecule has 0 saturated carbocycles. The third-order valence-electron chi connectivity index (χ3n) is 3.66. The first-order chi connectivity index (χ1) is 10.1. The molecule has 1 aromatic carbocycles. The number of benzene rings is 1. The second kappa shape index (κ2) is 5.92. The predicted molar refractivity (Wildman–Crippen MR) is 86.5 cm³/mol. The van der Waals surface area contributed by atoms with Crippen LogP contribution in [0.15, 0.2) is 42.7 Å². The number of hydrogen-bond acceptors (Lipinski definition) is 2.